The Kier molecular flexibility index (Phi) is 3.43. The zero-order chi connectivity index (χ0) is 12.1. The number of hydrogen-bond donors (Lipinski definition) is 2. The second-order valence-electron chi connectivity index (χ2n) is 4.51. The fourth-order valence-electron chi connectivity index (χ4n) is 2.27. The van der Waals surface area contributed by atoms with E-state index in [-0.39, 0.29) is 5.91 Å². The summed E-state index contributed by atoms with van der Waals surface area (Å²) < 4.78 is 0. The maximum Gasteiger partial charge on any atom is 0.240 e. The molecule has 5 heteroatoms. The van der Waals surface area contributed by atoms with Gasteiger partial charge in [0.2, 0.25) is 5.91 Å². The average Bonchev–Trinajstić information content (AvgIpc) is 2.90. The van der Waals surface area contributed by atoms with Gasteiger partial charge in [0.15, 0.2) is 0 Å². The Morgan fingerprint density at radius 2 is 2.29 bits per heavy atom. The number of hydrogen-bond acceptors (Lipinski definition) is 3. The molecular formula is C12H16N4O. The number of nitrogens with zero attached hydrogens (tertiary/aromatic N) is 2. The minimum atomic E-state index is -0.807. The van der Waals surface area contributed by atoms with Gasteiger partial charge < -0.3 is 10.3 Å². The summed E-state index contributed by atoms with van der Waals surface area (Å²) in [5, 5.41) is 12.1. The largest absolute Gasteiger partial charge is 0.349 e. The van der Waals surface area contributed by atoms with Crippen LogP contribution in [0.1, 0.15) is 37.8 Å². The first-order valence-electron chi connectivity index (χ1n) is 5.94. The number of imidazole rings is 1. The quantitative estimate of drug-likeness (QED) is 0.828. The van der Waals surface area contributed by atoms with Gasteiger partial charge in [-0.3, -0.25) is 4.79 Å². The second-order valence-corrected chi connectivity index (χ2v) is 4.51. The van der Waals surface area contributed by atoms with Crippen molar-refractivity contribution in [3.63, 3.8) is 0 Å². The summed E-state index contributed by atoms with van der Waals surface area (Å²) in [6.45, 7) is 0.405. The number of aromatic amines is 1. The topological polar surface area (TPSA) is 81.6 Å². The first-order valence-corrected chi connectivity index (χ1v) is 5.94. The molecule has 1 heterocycles. The van der Waals surface area contributed by atoms with E-state index in [1.165, 1.54) is 0 Å². The minimum Gasteiger partial charge on any atom is -0.349 e. The smallest absolute Gasteiger partial charge is 0.240 e. The molecule has 1 aliphatic carbocycles. The zero-order valence-corrected chi connectivity index (χ0v) is 9.70. The molecule has 0 aliphatic heterocycles. The van der Waals surface area contributed by atoms with Crippen LogP contribution in [0.25, 0.3) is 0 Å². The lowest BCUT2D eigenvalue weighted by molar-refractivity contribution is -0.129. The van der Waals surface area contributed by atoms with Crippen LogP contribution in [0, 0.1) is 16.7 Å². The average molecular weight is 232 g/mol. The third kappa shape index (κ3) is 2.47. The van der Waals surface area contributed by atoms with Gasteiger partial charge in [-0.25, -0.2) is 4.98 Å². The lowest BCUT2D eigenvalue weighted by atomic mass is 9.74. The molecular weight excluding hydrogens is 216 g/mol. The highest BCUT2D eigenvalue weighted by molar-refractivity contribution is 5.85. The highest BCUT2D eigenvalue weighted by Crippen LogP contribution is 2.35. The summed E-state index contributed by atoms with van der Waals surface area (Å²) in [5.74, 6) is -0.144. The molecule has 0 radical (unpaired) electrons. The lowest BCUT2D eigenvalue weighted by Gasteiger charge is -2.28. The molecule has 0 saturated heterocycles. The number of aromatic nitrogens is 2. The molecule has 2 rings (SSSR count). The fraction of sp³-hybridized carbons (Fsp3) is 0.583. The van der Waals surface area contributed by atoms with Crippen molar-refractivity contribution in [2.24, 2.45) is 5.41 Å². The molecule has 0 aromatic carbocycles. The van der Waals surface area contributed by atoms with Crippen LogP contribution in [-0.2, 0) is 11.3 Å². The number of nitrogens with one attached hydrogen (secondary N) is 2. The molecule has 1 amide bonds. The monoisotopic (exact) mass is 232 g/mol. The molecule has 1 fully saturated rings. The summed E-state index contributed by atoms with van der Waals surface area (Å²) in [5.41, 5.74) is 0.0420. The Hall–Kier alpha value is -1.83. The Balaban J connectivity index is 1.96. The molecule has 0 atom stereocenters. The van der Waals surface area contributed by atoms with Crippen molar-refractivity contribution in [1.82, 2.24) is 15.3 Å². The maximum atomic E-state index is 12.1. The Morgan fingerprint density at radius 1 is 1.53 bits per heavy atom. The molecule has 1 aromatic heterocycles. The van der Waals surface area contributed by atoms with E-state index in [4.69, 9.17) is 0 Å². The summed E-state index contributed by atoms with van der Waals surface area (Å²) >= 11 is 0. The Labute approximate surface area is 100 Å². The van der Waals surface area contributed by atoms with Crippen molar-refractivity contribution in [3.8, 4) is 6.07 Å². The molecule has 17 heavy (non-hydrogen) atoms. The molecule has 0 unspecified atom stereocenters. The van der Waals surface area contributed by atoms with Gasteiger partial charge in [0, 0.05) is 6.20 Å². The van der Waals surface area contributed by atoms with Crippen molar-refractivity contribution in [1.29, 1.82) is 5.26 Å². The zero-order valence-electron chi connectivity index (χ0n) is 9.70. The van der Waals surface area contributed by atoms with Gasteiger partial charge in [0.25, 0.3) is 0 Å². The normalized spacial score (nSPS) is 18.3. The summed E-state index contributed by atoms with van der Waals surface area (Å²) in [6, 6.07) is 2.21. The molecule has 0 bridgehead atoms. The number of rotatable bonds is 3. The van der Waals surface area contributed by atoms with Gasteiger partial charge in [-0.1, -0.05) is 19.3 Å². The van der Waals surface area contributed by atoms with E-state index >= 15 is 0 Å². The first-order chi connectivity index (χ1) is 8.27. The van der Waals surface area contributed by atoms with Gasteiger partial charge in [0.1, 0.15) is 5.41 Å². The number of amides is 1. The molecule has 1 aromatic rings. The molecule has 90 valence electrons. The van der Waals surface area contributed by atoms with Crippen LogP contribution >= 0.6 is 0 Å². The SMILES string of the molecule is N#CC1(C(=O)NCc2cnc[nH]2)CCCCC1. The third-order valence-electron chi connectivity index (χ3n) is 3.35. The summed E-state index contributed by atoms with van der Waals surface area (Å²) in [4.78, 5) is 18.9. The van der Waals surface area contributed by atoms with E-state index in [0.29, 0.717) is 19.4 Å². The van der Waals surface area contributed by atoms with E-state index in [9.17, 15) is 10.1 Å². The molecule has 0 spiro atoms. The standard InChI is InChI=1S/C12H16N4O/c13-8-12(4-2-1-3-5-12)11(17)15-7-10-6-14-9-16-10/h6,9H,1-5,7H2,(H,14,16)(H,15,17). The summed E-state index contributed by atoms with van der Waals surface area (Å²) in [7, 11) is 0. The second kappa shape index (κ2) is 5.00. The number of carbonyl (C=O) groups is 1. The predicted octanol–water partition coefficient (Wildman–Crippen LogP) is 1.50. The highest BCUT2D eigenvalue weighted by atomic mass is 16.2. The third-order valence-corrected chi connectivity index (χ3v) is 3.35. The van der Waals surface area contributed by atoms with Crippen LogP contribution in [0.5, 0.6) is 0 Å². The van der Waals surface area contributed by atoms with E-state index < -0.39 is 5.41 Å². The number of nitriles is 1. The van der Waals surface area contributed by atoms with Crippen molar-refractivity contribution in [3.05, 3.63) is 18.2 Å². The molecule has 1 saturated carbocycles. The van der Waals surface area contributed by atoms with Crippen LogP contribution in [0.3, 0.4) is 0 Å². The first kappa shape index (κ1) is 11.6. The number of carbonyl (C=O) groups excluding carboxylic acids is 1. The highest BCUT2D eigenvalue weighted by Gasteiger charge is 2.39. The van der Waals surface area contributed by atoms with Crippen molar-refractivity contribution in [2.75, 3.05) is 0 Å². The van der Waals surface area contributed by atoms with Crippen molar-refractivity contribution in [2.45, 2.75) is 38.6 Å². The van der Waals surface area contributed by atoms with Gasteiger partial charge in [0.05, 0.1) is 24.6 Å². The van der Waals surface area contributed by atoms with Crippen LogP contribution in [0.15, 0.2) is 12.5 Å². The van der Waals surface area contributed by atoms with Crippen LogP contribution in [-0.4, -0.2) is 15.9 Å². The van der Waals surface area contributed by atoms with Gasteiger partial charge >= 0.3 is 0 Å². The van der Waals surface area contributed by atoms with Crippen LogP contribution in [0.4, 0.5) is 0 Å². The summed E-state index contributed by atoms with van der Waals surface area (Å²) in [6.07, 6.45) is 7.65. The molecule has 1 aliphatic rings. The van der Waals surface area contributed by atoms with E-state index in [1.807, 2.05) is 0 Å². The van der Waals surface area contributed by atoms with E-state index in [2.05, 4.69) is 21.4 Å². The van der Waals surface area contributed by atoms with Crippen LogP contribution in [0.2, 0.25) is 0 Å². The van der Waals surface area contributed by atoms with E-state index in [1.54, 1.807) is 12.5 Å². The van der Waals surface area contributed by atoms with Gasteiger partial charge in [-0.2, -0.15) is 5.26 Å². The minimum absolute atomic E-state index is 0.144. The number of H-pyrrole nitrogens is 1. The lowest BCUT2D eigenvalue weighted by Crippen LogP contribution is -2.41. The Bertz CT molecular complexity index is 412. The predicted molar refractivity (Wildman–Crippen MR) is 61.6 cm³/mol. The van der Waals surface area contributed by atoms with E-state index in [0.717, 1.165) is 25.0 Å². The molecule has 5 nitrogen and oxygen atoms in total. The maximum absolute atomic E-state index is 12.1. The Morgan fingerprint density at radius 3 is 2.88 bits per heavy atom. The molecule has 2 N–H and O–H groups in total. The van der Waals surface area contributed by atoms with Crippen molar-refractivity contribution < 1.29 is 4.79 Å². The van der Waals surface area contributed by atoms with Crippen LogP contribution < -0.4 is 5.32 Å². The fourth-order valence-corrected chi connectivity index (χ4v) is 2.27. The van der Waals surface area contributed by atoms with Gasteiger partial charge in [-0.15, -0.1) is 0 Å². The van der Waals surface area contributed by atoms with Gasteiger partial charge in [-0.05, 0) is 12.8 Å². The van der Waals surface area contributed by atoms with Crippen molar-refractivity contribution >= 4 is 5.91 Å².